The predicted molar refractivity (Wildman–Crippen MR) is 137 cm³/mol. The molecule has 1 heterocycles. The summed E-state index contributed by atoms with van der Waals surface area (Å²) in [6.45, 7) is 2.40. The summed E-state index contributed by atoms with van der Waals surface area (Å²) < 4.78 is 6.99. The highest BCUT2D eigenvalue weighted by atomic mass is 16.5. The molecule has 2 N–H and O–H groups in total. The highest BCUT2D eigenvalue weighted by Gasteiger charge is 2.19. The van der Waals surface area contributed by atoms with Crippen LogP contribution in [0.4, 0.5) is 5.69 Å². The fourth-order valence-electron chi connectivity index (χ4n) is 3.80. The maximum atomic E-state index is 13.1. The second kappa shape index (κ2) is 11.2. The molecule has 7 nitrogen and oxygen atoms in total. The number of ether oxygens (including phenoxy) is 1. The van der Waals surface area contributed by atoms with E-state index in [-0.39, 0.29) is 18.4 Å². The molecule has 0 atom stereocenters. The number of nitrogens with one attached hydrogen (secondary N) is 2. The first-order chi connectivity index (χ1) is 17.1. The quantitative estimate of drug-likeness (QED) is 0.378. The first-order valence-electron chi connectivity index (χ1n) is 11.5. The number of amides is 2. The number of methoxy groups -OCH3 is 1. The van der Waals surface area contributed by atoms with Gasteiger partial charge in [0, 0.05) is 17.4 Å². The smallest absolute Gasteiger partial charge is 0.255 e. The van der Waals surface area contributed by atoms with Crippen LogP contribution < -0.4 is 15.4 Å². The summed E-state index contributed by atoms with van der Waals surface area (Å²) in [6, 6.07) is 24.9. The van der Waals surface area contributed by atoms with Crippen LogP contribution in [0.5, 0.6) is 5.75 Å². The molecule has 0 aliphatic rings. The van der Waals surface area contributed by atoms with E-state index in [9.17, 15) is 9.59 Å². The fourth-order valence-corrected chi connectivity index (χ4v) is 3.80. The Labute approximate surface area is 204 Å². The standard InChI is InChI=1S/C28H28N4O3/c1-3-21-11-7-8-12-25(21)30-26(33)17-29-28(34)24-19-32(18-20-9-5-4-6-10-20)31-27(24)22-13-15-23(35-2)16-14-22/h4-16,19H,3,17-18H2,1-2H3,(H,29,34)(H,30,33). The van der Waals surface area contributed by atoms with Crippen molar-refractivity contribution in [2.45, 2.75) is 19.9 Å². The maximum absolute atomic E-state index is 13.1. The van der Waals surface area contributed by atoms with Crippen molar-refractivity contribution in [3.8, 4) is 17.0 Å². The molecule has 35 heavy (non-hydrogen) atoms. The first-order valence-corrected chi connectivity index (χ1v) is 11.5. The second-order valence-corrected chi connectivity index (χ2v) is 8.04. The van der Waals surface area contributed by atoms with Gasteiger partial charge in [-0.15, -0.1) is 0 Å². The van der Waals surface area contributed by atoms with E-state index in [1.165, 1.54) is 0 Å². The molecule has 4 aromatic rings. The summed E-state index contributed by atoms with van der Waals surface area (Å²) in [6.07, 6.45) is 2.51. The fraction of sp³-hybridized carbons (Fsp3) is 0.179. The van der Waals surface area contributed by atoms with Gasteiger partial charge in [-0.25, -0.2) is 0 Å². The number of anilines is 1. The normalized spacial score (nSPS) is 10.6. The molecule has 0 unspecified atom stereocenters. The molecule has 0 saturated heterocycles. The molecule has 0 aliphatic carbocycles. The lowest BCUT2D eigenvalue weighted by atomic mass is 10.1. The molecule has 2 amide bonds. The topological polar surface area (TPSA) is 85.3 Å². The highest BCUT2D eigenvalue weighted by molar-refractivity contribution is 6.02. The van der Waals surface area contributed by atoms with Crippen LogP contribution in [0.1, 0.15) is 28.4 Å². The Hall–Kier alpha value is -4.39. The van der Waals surface area contributed by atoms with Gasteiger partial charge in [-0.2, -0.15) is 5.10 Å². The third-order valence-electron chi connectivity index (χ3n) is 5.64. The van der Waals surface area contributed by atoms with Crippen molar-refractivity contribution in [3.63, 3.8) is 0 Å². The van der Waals surface area contributed by atoms with E-state index in [2.05, 4.69) is 15.7 Å². The van der Waals surface area contributed by atoms with Crippen molar-refractivity contribution in [1.29, 1.82) is 0 Å². The molecule has 0 saturated carbocycles. The van der Waals surface area contributed by atoms with Gasteiger partial charge in [0.1, 0.15) is 11.4 Å². The zero-order chi connectivity index (χ0) is 24.6. The zero-order valence-corrected chi connectivity index (χ0v) is 19.8. The first kappa shape index (κ1) is 23.8. The molecular formula is C28H28N4O3. The lowest BCUT2D eigenvalue weighted by molar-refractivity contribution is -0.115. The van der Waals surface area contributed by atoms with Crippen LogP contribution in [0.3, 0.4) is 0 Å². The third kappa shape index (κ3) is 5.95. The summed E-state index contributed by atoms with van der Waals surface area (Å²) in [7, 11) is 1.60. The van der Waals surface area contributed by atoms with Crippen molar-refractivity contribution in [2.75, 3.05) is 19.0 Å². The molecule has 178 valence electrons. The average Bonchev–Trinajstić information content (AvgIpc) is 3.32. The minimum atomic E-state index is -0.367. The van der Waals surface area contributed by atoms with Gasteiger partial charge in [-0.1, -0.05) is 55.5 Å². The molecular weight excluding hydrogens is 440 g/mol. The molecule has 7 heteroatoms. The van der Waals surface area contributed by atoms with Crippen LogP contribution in [-0.2, 0) is 17.8 Å². The lowest BCUT2D eigenvalue weighted by Crippen LogP contribution is -2.33. The summed E-state index contributed by atoms with van der Waals surface area (Å²) in [5, 5.41) is 10.3. The van der Waals surface area contributed by atoms with Crippen LogP contribution in [0.2, 0.25) is 0 Å². The molecule has 0 radical (unpaired) electrons. The van der Waals surface area contributed by atoms with Crippen molar-refractivity contribution >= 4 is 17.5 Å². The van der Waals surface area contributed by atoms with Crippen molar-refractivity contribution in [2.24, 2.45) is 0 Å². The Morgan fingerprint density at radius 3 is 2.37 bits per heavy atom. The van der Waals surface area contributed by atoms with Gasteiger partial charge >= 0.3 is 0 Å². The summed E-state index contributed by atoms with van der Waals surface area (Å²) in [5.74, 6) is 0.0588. The number of aromatic nitrogens is 2. The van der Waals surface area contributed by atoms with Gasteiger partial charge in [-0.05, 0) is 47.9 Å². The Morgan fingerprint density at radius 2 is 1.66 bits per heavy atom. The predicted octanol–water partition coefficient (Wildman–Crippen LogP) is 4.54. The molecule has 0 bridgehead atoms. The van der Waals surface area contributed by atoms with Gasteiger partial charge in [0.2, 0.25) is 5.91 Å². The van der Waals surface area contributed by atoms with Crippen LogP contribution in [0.25, 0.3) is 11.3 Å². The average molecular weight is 469 g/mol. The molecule has 1 aromatic heterocycles. The number of benzene rings is 3. The Balaban J connectivity index is 1.53. The number of para-hydroxylation sites is 1. The Morgan fingerprint density at radius 1 is 0.943 bits per heavy atom. The number of carbonyl (C=O) groups is 2. The van der Waals surface area contributed by atoms with Crippen LogP contribution in [-0.4, -0.2) is 35.2 Å². The summed E-state index contributed by atoms with van der Waals surface area (Å²) >= 11 is 0. The highest BCUT2D eigenvalue weighted by Crippen LogP contribution is 2.25. The number of nitrogens with zero attached hydrogens (tertiary/aromatic N) is 2. The number of hydrogen-bond acceptors (Lipinski definition) is 4. The van der Waals surface area contributed by atoms with Gasteiger partial charge in [0.15, 0.2) is 0 Å². The Bertz CT molecular complexity index is 1300. The number of carbonyl (C=O) groups excluding carboxylic acids is 2. The summed E-state index contributed by atoms with van der Waals surface area (Å²) in [5.41, 5.74) is 4.58. The monoisotopic (exact) mass is 468 g/mol. The summed E-state index contributed by atoms with van der Waals surface area (Å²) in [4.78, 5) is 25.7. The van der Waals surface area contributed by atoms with E-state index >= 15 is 0 Å². The largest absolute Gasteiger partial charge is 0.497 e. The zero-order valence-electron chi connectivity index (χ0n) is 19.8. The van der Waals surface area contributed by atoms with Crippen LogP contribution >= 0.6 is 0 Å². The molecule has 4 rings (SSSR count). The second-order valence-electron chi connectivity index (χ2n) is 8.04. The minimum Gasteiger partial charge on any atom is -0.497 e. The molecule has 0 spiro atoms. The molecule has 3 aromatic carbocycles. The SMILES string of the molecule is CCc1ccccc1NC(=O)CNC(=O)c1cn(Cc2ccccc2)nc1-c1ccc(OC)cc1. The maximum Gasteiger partial charge on any atom is 0.255 e. The van der Waals surface area contributed by atoms with Crippen molar-refractivity contribution < 1.29 is 14.3 Å². The number of hydrogen-bond donors (Lipinski definition) is 2. The van der Waals surface area contributed by atoms with E-state index < -0.39 is 0 Å². The van der Waals surface area contributed by atoms with Crippen LogP contribution in [0.15, 0.2) is 85.1 Å². The Kier molecular flexibility index (Phi) is 7.57. The van der Waals surface area contributed by atoms with Gasteiger partial charge in [-0.3, -0.25) is 14.3 Å². The van der Waals surface area contributed by atoms with Crippen molar-refractivity contribution in [3.05, 3.63) is 102 Å². The van der Waals surface area contributed by atoms with Gasteiger partial charge < -0.3 is 15.4 Å². The molecule has 0 fully saturated rings. The van der Waals surface area contributed by atoms with E-state index in [0.29, 0.717) is 23.6 Å². The number of aryl methyl sites for hydroxylation is 1. The van der Waals surface area contributed by atoms with Crippen molar-refractivity contribution in [1.82, 2.24) is 15.1 Å². The lowest BCUT2D eigenvalue weighted by Gasteiger charge is -2.10. The van der Waals surface area contributed by atoms with E-state index in [1.54, 1.807) is 18.0 Å². The minimum absolute atomic E-state index is 0.150. The number of rotatable bonds is 9. The molecule has 0 aliphatic heterocycles. The van der Waals surface area contributed by atoms with E-state index in [4.69, 9.17) is 4.74 Å². The van der Waals surface area contributed by atoms with E-state index in [0.717, 1.165) is 28.8 Å². The van der Waals surface area contributed by atoms with E-state index in [1.807, 2.05) is 85.8 Å². The van der Waals surface area contributed by atoms with Gasteiger partial charge in [0.05, 0.1) is 25.8 Å². The van der Waals surface area contributed by atoms with Gasteiger partial charge in [0.25, 0.3) is 5.91 Å². The van der Waals surface area contributed by atoms with Crippen LogP contribution in [0, 0.1) is 0 Å². The third-order valence-corrected chi connectivity index (χ3v) is 5.64.